The number of ether oxygens (including phenoxy) is 2. The normalized spacial score (nSPS) is 12.7. The lowest BCUT2D eigenvalue weighted by molar-refractivity contribution is 0.0483. The number of hydrogen-bond donors (Lipinski definition) is 2. The highest BCUT2D eigenvalue weighted by Gasteiger charge is 2.20. The molecule has 1 amide bonds. The number of benzene rings is 1. The predicted molar refractivity (Wildman–Crippen MR) is 84.6 cm³/mol. The van der Waals surface area contributed by atoms with Gasteiger partial charge in [0.05, 0.1) is 19.8 Å². The first kappa shape index (κ1) is 17.8. The zero-order chi connectivity index (χ0) is 16.0. The lowest BCUT2D eigenvalue weighted by Gasteiger charge is -2.23. The van der Waals surface area contributed by atoms with E-state index in [1.54, 1.807) is 27.9 Å². The summed E-state index contributed by atoms with van der Waals surface area (Å²) < 4.78 is 11.2. The summed E-state index contributed by atoms with van der Waals surface area (Å²) in [6, 6.07) is 5.16. The Kier molecular flexibility index (Phi) is 6.48. The molecule has 21 heavy (non-hydrogen) atoms. The number of nitrogens with one attached hydrogen (secondary N) is 1. The van der Waals surface area contributed by atoms with Gasteiger partial charge in [-0.15, -0.1) is 0 Å². The van der Waals surface area contributed by atoms with Crippen molar-refractivity contribution in [2.75, 3.05) is 13.7 Å². The van der Waals surface area contributed by atoms with Crippen molar-refractivity contribution in [1.82, 2.24) is 5.32 Å². The smallest absolute Gasteiger partial charge is 0.407 e. The predicted octanol–water partition coefficient (Wildman–Crippen LogP) is 2.89. The topological polar surface area (TPSA) is 67.8 Å². The van der Waals surface area contributed by atoms with E-state index in [1.165, 1.54) is 0 Å². The SMILES string of the molecule is COc1ccc(C[C@H](CO)NC(=O)OC(C)(C)C)c(Br)c1. The lowest BCUT2D eigenvalue weighted by atomic mass is 10.1. The Balaban J connectivity index is 2.68. The molecular weight excluding hydrogens is 338 g/mol. The minimum absolute atomic E-state index is 0.169. The number of carbonyl (C=O) groups excluding carboxylic acids is 1. The van der Waals surface area contributed by atoms with Crippen LogP contribution in [0.15, 0.2) is 22.7 Å². The van der Waals surface area contributed by atoms with Crippen molar-refractivity contribution in [3.63, 3.8) is 0 Å². The molecule has 0 aliphatic carbocycles. The van der Waals surface area contributed by atoms with E-state index in [-0.39, 0.29) is 6.61 Å². The maximum absolute atomic E-state index is 11.7. The molecule has 0 aliphatic heterocycles. The summed E-state index contributed by atoms with van der Waals surface area (Å²) in [6.45, 7) is 5.21. The van der Waals surface area contributed by atoms with Gasteiger partial charge < -0.3 is 19.9 Å². The number of aliphatic hydroxyl groups is 1. The molecule has 0 heterocycles. The lowest BCUT2D eigenvalue weighted by Crippen LogP contribution is -2.42. The maximum atomic E-state index is 11.7. The molecule has 0 aliphatic rings. The molecule has 1 rings (SSSR count). The summed E-state index contributed by atoms with van der Waals surface area (Å²) >= 11 is 3.46. The zero-order valence-electron chi connectivity index (χ0n) is 12.8. The minimum atomic E-state index is -0.565. The van der Waals surface area contributed by atoms with Crippen LogP contribution in [0, 0.1) is 0 Å². The van der Waals surface area contributed by atoms with E-state index in [9.17, 15) is 9.90 Å². The summed E-state index contributed by atoms with van der Waals surface area (Å²) in [5.41, 5.74) is 0.399. The van der Waals surface area contributed by atoms with E-state index >= 15 is 0 Å². The van der Waals surface area contributed by atoms with Gasteiger partial charge in [0, 0.05) is 4.47 Å². The number of halogens is 1. The third-order valence-electron chi connectivity index (χ3n) is 2.67. The molecule has 0 aromatic heterocycles. The van der Waals surface area contributed by atoms with Gasteiger partial charge >= 0.3 is 6.09 Å². The van der Waals surface area contributed by atoms with Gasteiger partial charge in [0.2, 0.25) is 0 Å². The van der Waals surface area contributed by atoms with Gasteiger partial charge in [-0.25, -0.2) is 4.79 Å². The molecule has 0 saturated carbocycles. The second-order valence-corrected chi connectivity index (χ2v) is 6.54. The van der Waals surface area contributed by atoms with Gasteiger partial charge in [0.15, 0.2) is 0 Å². The van der Waals surface area contributed by atoms with Gasteiger partial charge in [-0.3, -0.25) is 0 Å². The van der Waals surface area contributed by atoms with Gasteiger partial charge in [-0.2, -0.15) is 0 Å². The Hall–Kier alpha value is -1.27. The van der Waals surface area contributed by atoms with Crippen molar-refractivity contribution in [3.05, 3.63) is 28.2 Å². The van der Waals surface area contributed by atoms with Crippen LogP contribution in [-0.4, -0.2) is 36.6 Å². The second kappa shape index (κ2) is 7.66. The van der Waals surface area contributed by atoms with Crippen LogP contribution in [0.1, 0.15) is 26.3 Å². The van der Waals surface area contributed by atoms with Crippen molar-refractivity contribution in [1.29, 1.82) is 0 Å². The van der Waals surface area contributed by atoms with Crippen LogP contribution in [0.5, 0.6) is 5.75 Å². The van der Waals surface area contributed by atoms with E-state index in [0.717, 1.165) is 15.8 Å². The molecule has 0 saturated heterocycles. The number of methoxy groups -OCH3 is 1. The van der Waals surface area contributed by atoms with Gasteiger partial charge in [-0.1, -0.05) is 22.0 Å². The highest BCUT2D eigenvalue weighted by Crippen LogP contribution is 2.24. The summed E-state index contributed by atoms with van der Waals surface area (Å²) in [5, 5.41) is 12.1. The molecule has 118 valence electrons. The summed E-state index contributed by atoms with van der Waals surface area (Å²) in [4.78, 5) is 11.7. The van der Waals surface area contributed by atoms with Crippen molar-refractivity contribution >= 4 is 22.0 Å². The number of carbonyl (C=O) groups is 1. The van der Waals surface area contributed by atoms with E-state index in [2.05, 4.69) is 21.2 Å². The van der Waals surface area contributed by atoms with E-state index in [4.69, 9.17) is 9.47 Å². The standard InChI is InChI=1S/C15H22BrNO4/c1-15(2,3)21-14(19)17-11(9-18)7-10-5-6-12(20-4)8-13(10)16/h5-6,8,11,18H,7,9H2,1-4H3,(H,17,19)/t11-/m1/s1. The highest BCUT2D eigenvalue weighted by atomic mass is 79.9. The molecule has 0 unspecified atom stereocenters. The van der Waals surface area contributed by atoms with Crippen LogP contribution in [0.2, 0.25) is 0 Å². The van der Waals surface area contributed by atoms with Crippen LogP contribution in [0.25, 0.3) is 0 Å². The van der Waals surface area contributed by atoms with Crippen molar-refractivity contribution in [3.8, 4) is 5.75 Å². The molecule has 5 nitrogen and oxygen atoms in total. The number of aliphatic hydroxyl groups excluding tert-OH is 1. The first-order valence-electron chi connectivity index (χ1n) is 6.68. The Bertz CT molecular complexity index is 485. The average Bonchev–Trinajstić information content (AvgIpc) is 2.37. The van der Waals surface area contributed by atoms with Gasteiger partial charge in [0.1, 0.15) is 11.4 Å². The van der Waals surface area contributed by atoms with Gasteiger partial charge in [0.25, 0.3) is 0 Å². The Labute approximate surface area is 133 Å². The summed E-state index contributed by atoms with van der Waals surface area (Å²) in [6.07, 6.45) is -0.0495. The fourth-order valence-corrected chi connectivity index (χ4v) is 2.24. The molecule has 0 bridgehead atoms. The monoisotopic (exact) mass is 359 g/mol. The number of alkyl carbamates (subject to hydrolysis) is 1. The van der Waals surface area contributed by atoms with Crippen LogP contribution >= 0.6 is 15.9 Å². The van der Waals surface area contributed by atoms with E-state index in [0.29, 0.717) is 6.42 Å². The molecule has 0 fully saturated rings. The summed E-state index contributed by atoms with van der Waals surface area (Å²) in [5.74, 6) is 0.742. The number of amides is 1. The van der Waals surface area contributed by atoms with E-state index in [1.807, 2.05) is 18.2 Å². The van der Waals surface area contributed by atoms with Crippen molar-refractivity contribution in [2.45, 2.75) is 38.8 Å². The second-order valence-electron chi connectivity index (χ2n) is 5.69. The van der Waals surface area contributed by atoms with Crippen LogP contribution in [0.4, 0.5) is 4.79 Å². The number of hydrogen-bond acceptors (Lipinski definition) is 4. The molecular formula is C15H22BrNO4. The molecule has 1 aromatic carbocycles. The van der Waals surface area contributed by atoms with Crippen molar-refractivity contribution in [2.24, 2.45) is 0 Å². The molecule has 6 heteroatoms. The Morgan fingerprint density at radius 2 is 2.10 bits per heavy atom. The highest BCUT2D eigenvalue weighted by molar-refractivity contribution is 9.10. The molecule has 0 radical (unpaired) electrons. The molecule has 2 N–H and O–H groups in total. The fourth-order valence-electron chi connectivity index (χ4n) is 1.72. The Morgan fingerprint density at radius 1 is 1.43 bits per heavy atom. The molecule has 1 atom stereocenters. The number of rotatable bonds is 5. The first-order valence-corrected chi connectivity index (χ1v) is 7.47. The fraction of sp³-hybridized carbons (Fsp3) is 0.533. The van der Waals surface area contributed by atoms with Crippen molar-refractivity contribution < 1.29 is 19.4 Å². The largest absolute Gasteiger partial charge is 0.497 e. The van der Waals surface area contributed by atoms with Crippen LogP contribution < -0.4 is 10.1 Å². The third-order valence-corrected chi connectivity index (χ3v) is 3.41. The quantitative estimate of drug-likeness (QED) is 0.847. The maximum Gasteiger partial charge on any atom is 0.407 e. The first-order chi connectivity index (χ1) is 9.75. The Morgan fingerprint density at radius 3 is 2.57 bits per heavy atom. The minimum Gasteiger partial charge on any atom is -0.497 e. The third kappa shape index (κ3) is 6.35. The summed E-state index contributed by atoms with van der Waals surface area (Å²) in [7, 11) is 1.60. The van der Waals surface area contributed by atoms with E-state index < -0.39 is 17.7 Å². The van der Waals surface area contributed by atoms with Crippen LogP contribution in [0.3, 0.4) is 0 Å². The van der Waals surface area contributed by atoms with Gasteiger partial charge in [-0.05, 0) is 44.9 Å². The average molecular weight is 360 g/mol. The van der Waals surface area contributed by atoms with Crippen LogP contribution in [-0.2, 0) is 11.2 Å². The zero-order valence-corrected chi connectivity index (χ0v) is 14.4. The molecule has 1 aromatic rings. The molecule has 0 spiro atoms.